The second-order valence-electron chi connectivity index (χ2n) is 5.32. The molecule has 1 rings (SSSR count). The Kier molecular flexibility index (Phi) is 4.33. The number of nitrogens with zero attached hydrogens (tertiary/aromatic N) is 2. The molecule has 0 spiro atoms. The van der Waals surface area contributed by atoms with E-state index in [9.17, 15) is 9.90 Å². The van der Waals surface area contributed by atoms with Crippen LogP contribution in [0, 0.1) is 0 Å². The molecule has 0 bridgehead atoms. The molecule has 0 unspecified atom stereocenters. The highest BCUT2D eigenvalue weighted by Crippen LogP contribution is 2.26. The van der Waals surface area contributed by atoms with Gasteiger partial charge in [0.2, 0.25) is 5.91 Å². The van der Waals surface area contributed by atoms with Crippen molar-refractivity contribution in [3.63, 3.8) is 0 Å². The Hall–Kier alpha value is -0.610. The highest BCUT2D eigenvalue weighted by atomic mass is 16.3. The molecule has 0 aromatic carbocycles. The van der Waals surface area contributed by atoms with Crippen LogP contribution >= 0.6 is 0 Å². The first kappa shape index (κ1) is 13.5. The lowest BCUT2D eigenvalue weighted by Gasteiger charge is -2.40. The van der Waals surface area contributed by atoms with Crippen LogP contribution in [0.2, 0.25) is 0 Å². The Morgan fingerprint density at radius 2 is 1.88 bits per heavy atom. The third-order valence-corrected chi connectivity index (χ3v) is 3.44. The smallest absolute Gasteiger partial charge is 0.224 e. The van der Waals surface area contributed by atoms with Gasteiger partial charge in [0, 0.05) is 33.2 Å². The minimum Gasteiger partial charge on any atom is -0.389 e. The predicted molar refractivity (Wildman–Crippen MR) is 64.2 cm³/mol. The summed E-state index contributed by atoms with van der Waals surface area (Å²) in [6.45, 7) is 6.09. The number of carbonyl (C=O) groups excluding carboxylic acids is 1. The average Bonchev–Trinajstić information content (AvgIpc) is 2.17. The molecule has 1 aliphatic rings. The molecule has 1 aliphatic heterocycles. The van der Waals surface area contributed by atoms with E-state index in [-0.39, 0.29) is 12.3 Å². The molecule has 0 aromatic rings. The molecule has 16 heavy (non-hydrogen) atoms. The lowest BCUT2D eigenvalue weighted by atomic mass is 9.87. The van der Waals surface area contributed by atoms with E-state index in [2.05, 4.69) is 18.7 Å². The maximum atomic E-state index is 11.6. The highest BCUT2D eigenvalue weighted by molar-refractivity contribution is 5.76. The van der Waals surface area contributed by atoms with Crippen molar-refractivity contribution in [2.24, 2.45) is 0 Å². The van der Waals surface area contributed by atoms with Gasteiger partial charge in [0.1, 0.15) is 0 Å². The fraction of sp³-hybridized carbons (Fsp3) is 0.917. The van der Waals surface area contributed by atoms with Crippen LogP contribution in [0.25, 0.3) is 0 Å². The van der Waals surface area contributed by atoms with Gasteiger partial charge in [0.25, 0.3) is 0 Å². The molecule has 4 heteroatoms. The lowest BCUT2D eigenvalue weighted by Crippen LogP contribution is -2.48. The second kappa shape index (κ2) is 5.15. The van der Waals surface area contributed by atoms with Gasteiger partial charge >= 0.3 is 0 Å². The first-order valence-electron chi connectivity index (χ1n) is 6.01. The van der Waals surface area contributed by atoms with Gasteiger partial charge in [-0.3, -0.25) is 4.79 Å². The molecule has 0 radical (unpaired) electrons. The molecular weight excluding hydrogens is 204 g/mol. The van der Waals surface area contributed by atoms with Crippen molar-refractivity contribution in [2.75, 3.05) is 27.2 Å². The van der Waals surface area contributed by atoms with Crippen LogP contribution in [-0.2, 0) is 4.79 Å². The van der Waals surface area contributed by atoms with Gasteiger partial charge in [0.15, 0.2) is 0 Å². The standard InChI is InChI=1S/C12H24N2O2/c1-10(2)14-7-5-12(16,6-8-14)9-11(15)13(3)4/h10,16H,5-9H2,1-4H3. The predicted octanol–water partition coefficient (Wildman–Crippen LogP) is 0.700. The number of hydrogen-bond donors (Lipinski definition) is 1. The first-order chi connectivity index (χ1) is 7.34. The maximum absolute atomic E-state index is 11.6. The van der Waals surface area contributed by atoms with Crippen molar-refractivity contribution in [1.29, 1.82) is 0 Å². The van der Waals surface area contributed by atoms with Crippen LogP contribution in [0.4, 0.5) is 0 Å². The fourth-order valence-corrected chi connectivity index (χ4v) is 2.07. The summed E-state index contributed by atoms with van der Waals surface area (Å²) in [5.41, 5.74) is -0.785. The van der Waals surface area contributed by atoms with Crippen molar-refractivity contribution < 1.29 is 9.90 Å². The van der Waals surface area contributed by atoms with E-state index in [1.165, 1.54) is 0 Å². The van der Waals surface area contributed by atoms with E-state index < -0.39 is 5.60 Å². The molecule has 0 aliphatic carbocycles. The Bertz CT molecular complexity index is 243. The van der Waals surface area contributed by atoms with Crippen molar-refractivity contribution >= 4 is 5.91 Å². The van der Waals surface area contributed by atoms with Crippen LogP contribution in [0.3, 0.4) is 0 Å². The van der Waals surface area contributed by atoms with Crippen molar-refractivity contribution in [3.8, 4) is 0 Å². The fourth-order valence-electron chi connectivity index (χ4n) is 2.07. The number of carbonyl (C=O) groups is 1. The Morgan fingerprint density at radius 3 is 2.25 bits per heavy atom. The number of piperidine rings is 1. The Morgan fingerprint density at radius 1 is 1.38 bits per heavy atom. The number of hydrogen-bond acceptors (Lipinski definition) is 3. The molecule has 1 saturated heterocycles. The summed E-state index contributed by atoms with van der Waals surface area (Å²) < 4.78 is 0. The van der Waals surface area contributed by atoms with Gasteiger partial charge < -0.3 is 14.9 Å². The Labute approximate surface area is 98.2 Å². The normalized spacial score (nSPS) is 21.1. The van der Waals surface area contributed by atoms with Crippen LogP contribution in [0.5, 0.6) is 0 Å². The molecule has 0 saturated carbocycles. The third kappa shape index (κ3) is 3.46. The zero-order valence-corrected chi connectivity index (χ0v) is 10.9. The van der Waals surface area contributed by atoms with E-state index in [4.69, 9.17) is 0 Å². The lowest BCUT2D eigenvalue weighted by molar-refractivity contribution is -0.136. The zero-order chi connectivity index (χ0) is 12.3. The average molecular weight is 228 g/mol. The molecule has 1 amide bonds. The van der Waals surface area contributed by atoms with E-state index in [0.717, 1.165) is 13.1 Å². The first-order valence-corrected chi connectivity index (χ1v) is 6.01. The minimum atomic E-state index is -0.785. The van der Waals surface area contributed by atoms with Crippen LogP contribution < -0.4 is 0 Å². The van der Waals surface area contributed by atoms with Crippen molar-refractivity contribution in [2.45, 2.75) is 44.8 Å². The SMILES string of the molecule is CC(C)N1CCC(O)(CC(=O)N(C)C)CC1. The molecule has 0 aromatic heterocycles. The van der Waals surface area contributed by atoms with E-state index in [1.807, 2.05) is 0 Å². The topological polar surface area (TPSA) is 43.8 Å². The summed E-state index contributed by atoms with van der Waals surface area (Å²) in [7, 11) is 3.46. The van der Waals surface area contributed by atoms with Gasteiger partial charge in [-0.15, -0.1) is 0 Å². The van der Waals surface area contributed by atoms with Crippen LogP contribution in [0.15, 0.2) is 0 Å². The van der Waals surface area contributed by atoms with Gasteiger partial charge in [-0.2, -0.15) is 0 Å². The summed E-state index contributed by atoms with van der Waals surface area (Å²) in [5, 5.41) is 10.3. The summed E-state index contributed by atoms with van der Waals surface area (Å²) >= 11 is 0. The number of aliphatic hydroxyl groups is 1. The molecule has 1 heterocycles. The molecule has 0 atom stereocenters. The highest BCUT2D eigenvalue weighted by Gasteiger charge is 2.35. The summed E-state index contributed by atoms with van der Waals surface area (Å²) in [6.07, 6.45) is 1.65. The minimum absolute atomic E-state index is 0.0143. The monoisotopic (exact) mass is 228 g/mol. The number of amides is 1. The van der Waals surface area contributed by atoms with Crippen LogP contribution in [-0.4, -0.2) is 59.6 Å². The van der Waals surface area contributed by atoms with Gasteiger partial charge in [-0.25, -0.2) is 0 Å². The van der Waals surface area contributed by atoms with E-state index in [0.29, 0.717) is 18.9 Å². The number of rotatable bonds is 3. The number of likely N-dealkylation sites (tertiary alicyclic amines) is 1. The second-order valence-corrected chi connectivity index (χ2v) is 5.32. The van der Waals surface area contributed by atoms with E-state index >= 15 is 0 Å². The van der Waals surface area contributed by atoms with Gasteiger partial charge in [0.05, 0.1) is 12.0 Å². The molecule has 1 fully saturated rings. The van der Waals surface area contributed by atoms with E-state index in [1.54, 1.807) is 19.0 Å². The maximum Gasteiger partial charge on any atom is 0.224 e. The summed E-state index contributed by atoms with van der Waals surface area (Å²) in [6, 6.07) is 0.522. The molecule has 4 nitrogen and oxygen atoms in total. The quantitative estimate of drug-likeness (QED) is 0.773. The molecular formula is C12H24N2O2. The Balaban J connectivity index is 2.47. The summed E-state index contributed by atoms with van der Waals surface area (Å²) in [4.78, 5) is 15.5. The third-order valence-electron chi connectivity index (χ3n) is 3.44. The van der Waals surface area contributed by atoms with Crippen molar-refractivity contribution in [1.82, 2.24) is 9.80 Å². The largest absolute Gasteiger partial charge is 0.389 e. The summed E-state index contributed by atoms with van der Waals surface area (Å²) in [5.74, 6) is 0.0143. The van der Waals surface area contributed by atoms with Gasteiger partial charge in [-0.1, -0.05) is 0 Å². The van der Waals surface area contributed by atoms with Crippen molar-refractivity contribution in [3.05, 3.63) is 0 Å². The molecule has 1 N–H and O–H groups in total. The zero-order valence-electron chi connectivity index (χ0n) is 10.9. The van der Waals surface area contributed by atoms with Gasteiger partial charge in [-0.05, 0) is 26.7 Å². The van der Waals surface area contributed by atoms with Crippen LogP contribution in [0.1, 0.15) is 33.1 Å². The molecule has 94 valence electrons.